The van der Waals surface area contributed by atoms with E-state index in [1.54, 1.807) is 0 Å². The van der Waals surface area contributed by atoms with Crippen molar-refractivity contribution in [2.24, 2.45) is 11.8 Å². The van der Waals surface area contributed by atoms with E-state index in [0.29, 0.717) is 18.4 Å². The van der Waals surface area contributed by atoms with Gasteiger partial charge in [-0.2, -0.15) is 0 Å². The van der Waals surface area contributed by atoms with Crippen LogP contribution in [0.5, 0.6) is 0 Å². The second kappa shape index (κ2) is 6.49. The number of fused-ring (bicyclic) bond motifs is 1. The SMILES string of the molecule is C[C@H]1C[C@H](C)CN(CC(=O)Nc2cccc3ccccc23)C1. The van der Waals surface area contributed by atoms with E-state index < -0.39 is 0 Å². The van der Waals surface area contributed by atoms with Crippen LogP contribution in [0.3, 0.4) is 0 Å². The Hall–Kier alpha value is -1.87. The molecule has 1 aliphatic heterocycles. The summed E-state index contributed by atoms with van der Waals surface area (Å²) in [6.07, 6.45) is 1.27. The van der Waals surface area contributed by atoms with Gasteiger partial charge in [-0.05, 0) is 29.7 Å². The lowest BCUT2D eigenvalue weighted by molar-refractivity contribution is -0.117. The maximum Gasteiger partial charge on any atom is 0.238 e. The fraction of sp³-hybridized carbons (Fsp3) is 0.421. The summed E-state index contributed by atoms with van der Waals surface area (Å²) in [5.41, 5.74) is 0.904. The van der Waals surface area contributed by atoms with Crippen molar-refractivity contribution in [3.8, 4) is 0 Å². The third-order valence-corrected chi connectivity index (χ3v) is 4.38. The predicted molar refractivity (Wildman–Crippen MR) is 92.0 cm³/mol. The van der Waals surface area contributed by atoms with Crippen LogP contribution >= 0.6 is 0 Å². The third kappa shape index (κ3) is 3.47. The second-order valence-electron chi connectivity index (χ2n) is 6.72. The summed E-state index contributed by atoms with van der Waals surface area (Å²) in [5.74, 6) is 1.43. The zero-order valence-electron chi connectivity index (χ0n) is 13.4. The van der Waals surface area contributed by atoms with E-state index in [9.17, 15) is 4.79 Å². The van der Waals surface area contributed by atoms with Gasteiger partial charge in [0.05, 0.1) is 6.54 Å². The first-order valence-corrected chi connectivity index (χ1v) is 8.12. The molecule has 0 aromatic heterocycles. The first-order chi connectivity index (χ1) is 10.6. The van der Waals surface area contributed by atoms with Crippen molar-refractivity contribution in [3.63, 3.8) is 0 Å². The molecule has 0 saturated carbocycles. The Balaban J connectivity index is 1.68. The minimum atomic E-state index is 0.0812. The molecule has 0 unspecified atom stereocenters. The largest absolute Gasteiger partial charge is 0.324 e. The van der Waals surface area contributed by atoms with E-state index in [0.717, 1.165) is 29.5 Å². The molecule has 1 aliphatic rings. The maximum atomic E-state index is 12.4. The molecule has 1 saturated heterocycles. The van der Waals surface area contributed by atoms with Crippen molar-refractivity contribution in [2.75, 3.05) is 25.0 Å². The highest BCUT2D eigenvalue weighted by Crippen LogP contribution is 2.24. The van der Waals surface area contributed by atoms with Crippen LogP contribution in [0.1, 0.15) is 20.3 Å². The number of nitrogens with zero attached hydrogens (tertiary/aromatic N) is 1. The molecule has 3 nitrogen and oxygen atoms in total. The van der Waals surface area contributed by atoms with Crippen molar-refractivity contribution >= 4 is 22.4 Å². The van der Waals surface area contributed by atoms with Crippen LogP contribution in [-0.4, -0.2) is 30.4 Å². The molecule has 0 bridgehead atoms. The summed E-state index contributed by atoms with van der Waals surface area (Å²) in [6, 6.07) is 14.2. The van der Waals surface area contributed by atoms with Gasteiger partial charge in [0, 0.05) is 24.2 Å². The quantitative estimate of drug-likeness (QED) is 0.935. The molecule has 3 rings (SSSR count). The standard InChI is InChI=1S/C19H24N2O/c1-14-10-15(2)12-21(11-14)13-19(22)20-18-9-5-7-16-6-3-4-8-17(16)18/h3-9,14-15H,10-13H2,1-2H3,(H,20,22)/t14-,15-/m0/s1. The molecule has 0 spiro atoms. The first kappa shape index (κ1) is 15.0. The monoisotopic (exact) mass is 296 g/mol. The Morgan fingerprint density at radius 3 is 2.55 bits per heavy atom. The van der Waals surface area contributed by atoms with Gasteiger partial charge in [-0.25, -0.2) is 0 Å². The minimum absolute atomic E-state index is 0.0812. The molecule has 1 amide bonds. The molecule has 1 N–H and O–H groups in total. The molecule has 0 aliphatic carbocycles. The Morgan fingerprint density at radius 1 is 1.09 bits per heavy atom. The van der Waals surface area contributed by atoms with E-state index in [2.05, 4.69) is 42.3 Å². The highest BCUT2D eigenvalue weighted by molar-refractivity contribution is 6.02. The molecule has 0 radical (unpaired) electrons. The lowest BCUT2D eigenvalue weighted by Crippen LogP contribution is -2.42. The lowest BCUT2D eigenvalue weighted by Gasteiger charge is -2.34. The molecular weight excluding hydrogens is 272 g/mol. The van der Waals surface area contributed by atoms with E-state index in [1.165, 1.54) is 6.42 Å². The van der Waals surface area contributed by atoms with E-state index >= 15 is 0 Å². The van der Waals surface area contributed by atoms with Gasteiger partial charge < -0.3 is 5.32 Å². The third-order valence-electron chi connectivity index (χ3n) is 4.38. The van der Waals surface area contributed by atoms with Crippen molar-refractivity contribution in [3.05, 3.63) is 42.5 Å². The number of carbonyl (C=O) groups excluding carboxylic acids is 1. The van der Waals surface area contributed by atoms with Crippen molar-refractivity contribution in [1.82, 2.24) is 4.90 Å². The van der Waals surface area contributed by atoms with Crippen LogP contribution in [0, 0.1) is 11.8 Å². The fourth-order valence-corrected chi connectivity index (χ4v) is 3.65. The van der Waals surface area contributed by atoms with Gasteiger partial charge in [-0.15, -0.1) is 0 Å². The highest BCUT2D eigenvalue weighted by Gasteiger charge is 2.23. The summed E-state index contributed by atoms with van der Waals surface area (Å²) in [4.78, 5) is 14.7. The molecule has 2 atom stereocenters. The average molecular weight is 296 g/mol. The molecular formula is C19H24N2O. The number of carbonyl (C=O) groups is 1. The number of likely N-dealkylation sites (tertiary alicyclic amines) is 1. The van der Waals surface area contributed by atoms with Gasteiger partial charge >= 0.3 is 0 Å². The molecule has 1 fully saturated rings. The van der Waals surface area contributed by atoms with Crippen LogP contribution in [0.15, 0.2) is 42.5 Å². The van der Waals surface area contributed by atoms with Gasteiger partial charge in [0.1, 0.15) is 0 Å². The predicted octanol–water partition coefficient (Wildman–Crippen LogP) is 3.76. The molecule has 2 aromatic carbocycles. The van der Waals surface area contributed by atoms with Crippen LogP contribution < -0.4 is 5.32 Å². The van der Waals surface area contributed by atoms with Gasteiger partial charge in [0.25, 0.3) is 0 Å². The summed E-state index contributed by atoms with van der Waals surface area (Å²) in [7, 11) is 0. The Bertz CT molecular complexity index is 652. The number of anilines is 1. The number of benzene rings is 2. The van der Waals surface area contributed by atoms with Crippen molar-refractivity contribution in [1.29, 1.82) is 0 Å². The molecule has 2 aromatic rings. The van der Waals surface area contributed by atoms with Gasteiger partial charge in [-0.1, -0.05) is 50.2 Å². The average Bonchev–Trinajstić information content (AvgIpc) is 2.46. The molecule has 3 heteroatoms. The number of rotatable bonds is 3. The topological polar surface area (TPSA) is 32.3 Å². The molecule has 22 heavy (non-hydrogen) atoms. The zero-order chi connectivity index (χ0) is 15.5. The Morgan fingerprint density at radius 2 is 1.77 bits per heavy atom. The Kier molecular flexibility index (Phi) is 4.44. The normalized spacial score (nSPS) is 22.6. The second-order valence-corrected chi connectivity index (χ2v) is 6.72. The highest BCUT2D eigenvalue weighted by atomic mass is 16.2. The van der Waals surface area contributed by atoms with Crippen molar-refractivity contribution in [2.45, 2.75) is 20.3 Å². The number of hydrogen-bond acceptors (Lipinski definition) is 2. The van der Waals surface area contributed by atoms with Gasteiger partial charge in [0.15, 0.2) is 0 Å². The maximum absolute atomic E-state index is 12.4. The number of piperidine rings is 1. The smallest absolute Gasteiger partial charge is 0.238 e. The van der Waals surface area contributed by atoms with E-state index in [1.807, 2.05) is 24.3 Å². The van der Waals surface area contributed by atoms with Crippen LogP contribution in [-0.2, 0) is 4.79 Å². The van der Waals surface area contributed by atoms with E-state index in [4.69, 9.17) is 0 Å². The molecule has 1 heterocycles. The Labute approximate surface area is 132 Å². The van der Waals surface area contributed by atoms with Crippen LogP contribution in [0.25, 0.3) is 10.8 Å². The van der Waals surface area contributed by atoms with E-state index in [-0.39, 0.29) is 5.91 Å². The van der Waals surface area contributed by atoms with Crippen LogP contribution in [0.2, 0.25) is 0 Å². The summed E-state index contributed by atoms with van der Waals surface area (Å²) in [6.45, 7) is 7.06. The summed E-state index contributed by atoms with van der Waals surface area (Å²) in [5, 5.41) is 5.33. The van der Waals surface area contributed by atoms with Gasteiger partial charge in [-0.3, -0.25) is 9.69 Å². The van der Waals surface area contributed by atoms with Crippen LogP contribution in [0.4, 0.5) is 5.69 Å². The lowest BCUT2D eigenvalue weighted by atomic mass is 9.92. The van der Waals surface area contributed by atoms with Gasteiger partial charge in [0.2, 0.25) is 5.91 Å². The minimum Gasteiger partial charge on any atom is -0.324 e. The summed E-state index contributed by atoms with van der Waals surface area (Å²) >= 11 is 0. The number of nitrogens with one attached hydrogen (secondary N) is 1. The zero-order valence-corrected chi connectivity index (χ0v) is 13.4. The summed E-state index contributed by atoms with van der Waals surface area (Å²) < 4.78 is 0. The molecule has 116 valence electrons. The first-order valence-electron chi connectivity index (χ1n) is 8.12. The van der Waals surface area contributed by atoms with Crippen molar-refractivity contribution < 1.29 is 4.79 Å². The number of amides is 1. The fourth-order valence-electron chi connectivity index (χ4n) is 3.65. The number of hydrogen-bond donors (Lipinski definition) is 1.